The Morgan fingerprint density at radius 2 is 2.24 bits per heavy atom. The van der Waals surface area contributed by atoms with Crippen molar-refractivity contribution < 1.29 is 9.90 Å². The topological polar surface area (TPSA) is 78.6 Å². The van der Waals surface area contributed by atoms with Crippen LogP contribution >= 0.6 is 0 Å². The summed E-state index contributed by atoms with van der Waals surface area (Å²) in [7, 11) is 0. The van der Waals surface area contributed by atoms with E-state index in [1.54, 1.807) is 29.2 Å². The zero-order valence-electron chi connectivity index (χ0n) is 10.0. The molecule has 17 heavy (non-hydrogen) atoms. The second kappa shape index (κ2) is 6.75. The summed E-state index contributed by atoms with van der Waals surface area (Å²) in [6.45, 7) is 2.90. The van der Waals surface area contributed by atoms with E-state index in [-0.39, 0.29) is 12.6 Å². The molecule has 2 amide bonds. The molecule has 0 bridgehead atoms. The molecule has 0 aromatic heterocycles. The van der Waals surface area contributed by atoms with Crippen LogP contribution in [0.5, 0.6) is 0 Å². The van der Waals surface area contributed by atoms with Crippen LogP contribution in [-0.4, -0.2) is 35.7 Å². The number of rotatable bonds is 5. The Morgan fingerprint density at radius 1 is 1.47 bits per heavy atom. The highest BCUT2D eigenvalue weighted by molar-refractivity contribution is 5.89. The van der Waals surface area contributed by atoms with Gasteiger partial charge in [-0.05, 0) is 24.6 Å². The molecule has 0 aliphatic rings. The molecule has 0 saturated heterocycles. The number of nitrogens with two attached hydrogens (primary N) is 1. The molecule has 0 spiro atoms. The Bertz CT molecular complexity index is 363. The van der Waals surface area contributed by atoms with Crippen LogP contribution in [0.3, 0.4) is 0 Å². The molecular formula is C12H19N3O2. The van der Waals surface area contributed by atoms with Gasteiger partial charge in [0.2, 0.25) is 0 Å². The molecule has 0 aliphatic heterocycles. The fourth-order valence-electron chi connectivity index (χ4n) is 1.52. The van der Waals surface area contributed by atoms with Crippen molar-refractivity contribution in [1.82, 2.24) is 4.90 Å². The van der Waals surface area contributed by atoms with Crippen molar-refractivity contribution in [2.45, 2.75) is 13.3 Å². The van der Waals surface area contributed by atoms with Gasteiger partial charge in [-0.3, -0.25) is 0 Å². The third-order valence-corrected chi connectivity index (χ3v) is 2.29. The van der Waals surface area contributed by atoms with Crippen molar-refractivity contribution in [1.29, 1.82) is 0 Å². The van der Waals surface area contributed by atoms with Crippen LogP contribution in [0, 0.1) is 0 Å². The van der Waals surface area contributed by atoms with Gasteiger partial charge in [-0.2, -0.15) is 0 Å². The maximum Gasteiger partial charge on any atom is 0.321 e. The van der Waals surface area contributed by atoms with E-state index in [9.17, 15) is 4.79 Å². The molecule has 4 N–H and O–H groups in total. The minimum atomic E-state index is -0.216. The number of carbonyl (C=O) groups is 1. The zero-order chi connectivity index (χ0) is 12.7. The van der Waals surface area contributed by atoms with E-state index in [2.05, 4.69) is 5.32 Å². The number of aliphatic hydroxyl groups excluding tert-OH is 1. The van der Waals surface area contributed by atoms with Crippen molar-refractivity contribution in [3.05, 3.63) is 24.3 Å². The average Bonchev–Trinajstić information content (AvgIpc) is 2.28. The summed E-state index contributed by atoms with van der Waals surface area (Å²) in [5.74, 6) is 0. The Hall–Kier alpha value is -1.75. The number of urea groups is 1. The number of hydrogen-bond donors (Lipinski definition) is 3. The van der Waals surface area contributed by atoms with Crippen molar-refractivity contribution >= 4 is 17.4 Å². The summed E-state index contributed by atoms with van der Waals surface area (Å²) in [4.78, 5) is 13.4. The first-order valence-electron chi connectivity index (χ1n) is 5.69. The molecule has 0 fully saturated rings. The number of nitrogen functional groups attached to an aromatic ring is 1. The van der Waals surface area contributed by atoms with Gasteiger partial charge in [0.25, 0.3) is 0 Å². The van der Waals surface area contributed by atoms with Crippen LogP contribution in [0.4, 0.5) is 16.2 Å². The van der Waals surface area contributed by atoms with Gasteiger partial charge in [0, 0.05) is 24.5 Å². The number of amides is 2. The van der Waals surface area contributed by atoms with Crippen molar-refractivity contribution in [3.8, 4) is 0 Å². The molecule has 0 heterocycles. The van der Waals surface area contributed by atoms with E-state index in [1.807, 2.05) is 6.92 Å². The van der Waals surface area contributed by atoms with Gasteiger partial charge < -0.3 is 21.1 Å². The van der Waals surface area contributed by atoms with Crippen LogP contribution < -0.4 is 11.1 Å². The number of anilines is 2. The Kier molecular flexibility index (Phi) is 5.29. The highest BCUT2D eigenvalue weighted by Crippen LogP contribution is 2.12. The van der Waals surface area contributed by atoms with Gasteiger partial charge in [-0.1, -0.05) is 13.0 Å². The second-order valence-corrected chi connectivity index (χ2v) is 3.77. The van der Waals surface area contributed by atoms with Crippen LogP contribution in [-0.2, 0) is 0 Å². The van der Waals surface area contributed by atoms with Gasteiger partial charge in [0.15, 0.2) is 0 Å². The quantitative estimate of drug-likeness (QED) is 0.679. The summed E-state index contributed by atoms with van der Waals surface area (Å²) in [5, 5.41) is 11.6. The van der Waals surface area contributed by atoms with Gasteiger partial charge in [0.1, 0.15) is 0 Å². The molecule has 1 rings (SSSR count). The minimum Gasteiger partial charge on any atom is -0.399 e. The summed E-state index contributed by atoms with van der Waals surface area (Å²) >= 11 is 0. The lowest BCUT2D eigenvalue weighted by Gasteiger charge is -2.21. The molecule has 1 aromatic rings. The number of aliphatic hydroxyl groups is 1. The minimum absolute atomic E-state index is 0.0374. The highest BCUT2D eigenvalue weighted by atomic mass is 16.3. The first-order chi connectivity index (χ1) is 8.17. The lowest BCUT2D eigenvalue weighted by molar-refractivity contribution is 0.188. The van der Waals surface area contributed by atoms with Gasteiger partial charge in [-0.15, -0.1) is 0 Å². The number of nitrogens with zero attached hydrogens (tertiary/aromatic N) is 1. The largest absolute Gasteiger partial charge is 0.399 e. The Balaban J connectivity index is 2.62. The molecule has 0 radical (unpaired) electrons. The number of carbonyl (C=O) groups excluding carboxylic acids is 1. The van der Waals surface area contributed by atoms with Gasteiger partial charge >= 0.3 is 6.03 Å². The van der Waals surface area contributed by atoms with E-state index < -0.39 is 0 Å². The molecule has 0 saturated carbocycles. The predicted octanol–water partition coefficient (Wildman–Crippen LogP) is 1.51. The van der Waals surface area contributed by atoms with E-state index in [0.29, 0.717) is 24.5 Å². The Morgan fingerprint density at radius 3 is 2.82 bits per heavy atom. The fourth-order valence-corrected chi connectivity index (χ4v) is 1.52. The van der Waals surface area contributed by atoms with E-state index >= 15 is 0 Å². The summed E-state index contributed by atoms with van der Waals surface area (Å²) in [6.07, 6.45) is 0.852. The van der Waals surface area contributed by atoms with Gasteiger partial charge in [-0.25, -0.2) is 4.79 Å². The standard InChI is InChI=1S/C12H19N3O2/c1-2-6-15(7-8-16)12(17)14-11-5-3-4-10(13)9-11/h3-5,9,16H,2,6-8,13H2,1H3,(H,14,17). The average molecular weight is 237 g/mol. The lowest BCUT2D eigenvalue weighted by Crippen LogP contribution is -2.37. The monoisotopic (exact) mass is 237 g/mol. The van der Waals surface area contributed by atoms with E-state index in [0.717, 1.165) is 6.42 Å². The first-order valence-corrected chi connectivity index (χ1v) is 5.69. The van der Waals surface area contributed by atoms with E-state index in [4.69, 9.17) is 10.8 Å². The smallest absolute Gasteiger partial charge is 0.321 e. The summed E-state index contributed by atoms with van der Waals surface area (Å²) in [6, 6.07) is 6.79. The molecule has 5 nitrogen and oxygen atoms in total. The molecule has 94 valence electrons. The number of nitrogens with one attached hydrogen (secondary N) is 1. The van der Waals surface area contributed by atoms with E-state index in [1.165, 1.54) is 0 Å². The molecule has 0 aliphatic carbocycles. The van der Waals surface area contributed by atoms with Crippen LogP contribution in [0.2, 0.25) is 0 Å². The van der Waals surface area contributed by atoms with Crippen molar-refractivity contribution in [2.24, 2.45) is 0 Å². The summed E-state index contributed by atoms with van der Waals surface area (Å²) < 4.78 is 0. The second-order valence-electron chi connectivity index (χ2n) is 3.77. The SMILES string of the molecule is CCCN(CCO)C(=O)Nc1cccc(N)c1. The predicted molar refractivity (Wildman–Crippen MR) is 68.8 cm³/mol. The van der Waals surface area contributed by atoms with Crippen molar-refractivity contribution in [2.75, 3.05) is 30.7 Å². The van der Waals surface area contributed by atoms with Gasteiger partial charge in [0.05, 0.1) is 6.61 Å². The number of hydrogen-bond acceptors (Lipinski definition) is 3. The molecule has 0 unspecified atom stereocenters. The Labute approximate surface area is 101 Å². The first kappa shape index (κ1) is 13.3. The van der Waals surface area contributed by atoms with Crippen LogP contribution in [0.15, 0.2) is 24.3 Å². The fraction of sp³-hybridized carbons (Fsp3) is 0.417. The normalized spacial score (nSPS) is 10.0. The highest BCUT2D eigenvalue weighted by Gasteiger charge is 2.11. The maximum atomic E-state index is 11.9. The lowest BCUT2D eigenvalue weighted by atomic mass is 10.3. The molecule has 5 heteroatoms. The maximum absolute atomic E-state index is 11.9. The molecule has 0 atom stereocenters. The summed E-state index contributed by atoms with van der Waals surface area (Å²) in [5.41, 5.74) is 6.89. The zero-order valence-corrected chi connectivity index (χ0v) is 10.0. The molecule has 1 aromatic carbocycles. The van der Waals surface area contributed by atoms with Crippen LogP contribution in [0.25, 0.3) is 0 Å². The molecular weight excluding hydrogens is 218 g/mol. The third kappa shape index (κ3) is 4.32. The third-order valence-electron chi connectivity index (χ3n) is 2.29. The van der Waals surface area contributed by atoms with Crippen LogP contribution in [0.1, 0.15) is 13.3 Å². The van der Waals surface area contributed by atoms with Crippen molar-refractivity contribution in [3.63, 3.8) is 0 Å². The number of benzene rings is 1.